The number of hydrogen-bond donors (Lipinski definition) is 1. The topological polar surface area (TPSA) is 38.7 Å². The van der Waals surface area contributed by atoms with Crippen molar-refractivity contribution >= 4 is 0 Å². The van der Waals surface area contributed by atoms with Crippen molar-refractivity contribution in [1.29, 1.82) is 0 Å². The zero-order valence-electron chi connectivity index (χ0n) is 11.7. The molecule has 0 radical (unpaired) electrons. The van der Waals surface area contributed by atoms with Crippen LogP contribution in [0.2, 0.25) is 0 Å². The van der Waals surface area contributed by atoms with Gasteiger partial charge in [0.1, 0.15) is 11.9 Å². The van der Waals surface area contributed by atoms with Crippen LogP contribution < -0.4 is 4.74 Å². The van der Waals surface area contributed by atoms with Gasteiger partial charge in [-0.1, -0.05) is 24.3 Å². The smallest absolute Gasteiger partial charge is 0.121 e. The zero-order chi connectivity index (χ0) is 14.1. The van der Waals surface area contributed by atoms with Crippen LogP contribution in [0.15, 0.2) is 36.4 Å². The lowest BCUT2D eigenvalue weighted by atomic mass is 9.97. The van der Waals surface area contributed by atoms with Crippen LogP contribution in [0.25, 0.3) is 0 Å². The van der Waals surface area contributed by atoms with Gasteiger partial charge >= 0.3 is 0 Å². The number of methoxy groups -OCH3 is 1. The average Bonchev–Trinajstić information content (AvgIpc) is 2.93. The summed E-state index contributed by atoms with van der Waals surface area (Å²) in [6.45, 7) is 3.29. The van der Waals surface area contributed by atoms with Crippen LogP contribution >= 0.6 is 0 Å². The predicted molar refractivity (Wildman–Crippen MR) is 76.7 cm³/mol. The molecular formula is C17H18O3. The van der Waals surface area contributed by atoms with E-state index >= 15 is 0 Å². The molecule has 0 aliphatic carbocycles. The SMILES string of the molecule is COc1ccc(C(O)c2ccc3c(c2)COC3)cc1C. The fraction of sp³-hybridized carbons (Fsp3) is 0.294. The molecule has 20 heavy (non-hydrogen) atoms. The fourth-order valence-electron chi connectivity index (χ4n) is 2.63. The number of fused-ring (bicyclic) bond motifs is 1. The van der Waals surface area contributed by atoms with E-state index in [1.165, 1.54) is 11.1 Å². The normalized spacial score (nSPS) is 14.9. The Morgan fingerprint density at radius 2 is 1.75 bits per heavy atom. The summed E-state index contributed by atoms with van der Waals surface area (Å²) >= 11 is 0. The molecule has 1 unspecified atom stereocenters. The molecule has 1 N–H and O–H groups in total. The summed E-state index contributed by atoms with van der Waals surface area (Å²) in [6.07, 6.45) is -0.620. The average molecular weight is 270 g/mol. The number of rotatable bonds is 3. The maximum atomic E-state index is 10.5. The Morgan fingerprint density at radius 3 is 2.50 bits per heavy atom. The first kappa shape index (κ1) is 13.2. The van der Waals surface area contributed by atoms with E-state index in [4.69, 9.17) is 9.47 Å². The minimum absolute atomic E-state index is 0.620. The third-order valence-electron chi connectivity index (χ3n) is 3.80. The van der Waals surface area contributed by atoms with E-state index in [0.29, 0.717) is 13.2 Å². The van der Waals surface area contributed by atoms with E-state index in [0.717, 1.165) is 22.4 Å². The summed E-state index contributed by atoms with van der Waals surface area (Å²) in [7, 11) is 1.65. The summed E-state index contributed by atoms with van der Waals surface area (Å²) < 4.78 is 10.7. The van der Waals surface area contributed by atoms with Gasteiger partial charge in [0.15, 0.2) is 0 Å². The molecule has 0 fully saturated rings. The van der Waals surface area contributed by atoms with Gasteiger partial charge in [-0.25, -0.2) is 0 Å². The van der Waals surface area contributed by atoms with Gasteiger partial charge in [0, 0.05) is 0 Å². The van der Waals surface area contributed by atoms with Crippen molar-refractivity contribution < 1.29 is 14.6 Å². The Bertz CT molecular complexity index is 634. The highest BCUT2D eigenvalue weighted by Crippen LogP contribution is 2.29. The molecule has 2 aromatic rings. The Hall–Kier alpha value is -1.84. The van der Waals surface area contributed by atoms with E-state index in [1.807, 2.05) is 43.3 Å². The minimum atomic E-state index is -0.620. The number of aryl methyl sites for hydroxylation is 1. The van der Waals surface area contributed by atoms with Gasteiger partial charge in [-0.15, -0.1) is 0 Å². The van der Waals surface area contributed by atoms with Crippen molar-refractivity contribution in [2.24, 2.45) is 0 Å². The van der Waals surface area contributed by atoms with Crippen LogP contribution in [0, 0.1) is 6.92 Å². The molecule has 0 spiro atoms. The van der Waals surface area contributed by atoms with Crippen molar-refractivity contribution in [3.8, 4) is 5.75 Å². The Kier molecular flexibility index (Phi) is 3.47. The molecule has 1 aliphatic heterocycles. The van der Waals surface area contributed by atoms with E-state index < -0.39 is 6.10 Å². The summed E-state index contributed by atoms with van der Waals surface area (Å²) in [6, 6.07) is 11.8. The molecule has 2 aromatic carbocycles. The maximum absolute atomic E-state index is 10.5. The third-order valence-corrected chi connectivity index (χ3v) is 3.80. The maximum Gasteiger partial charge on any atom is 0.121 e. The van der Waals surface area contributed by atoms with Crippen LogP contribution in [-0.2, 0) is 18.0 Å². The molecule has 0 bridgehead atoms. The Morgan fingerprint density at radius 1 is 1.05 bits per heavy atom. The molecule has 0 aromatic heterocycles. The molecule has 0 saturated heterocycles. The lowest BCUT2D eigenvalue weighted by Gasteiger charge is -2.14. The largest absolute Gasteiger partial charge is 0.496 e. The second-order valence-electron chi connectivity index (χ2n) is 5.15. The van der Waals surface area contributed by atoms with Gasteiger partial charge in [0.25, 0.3) is 0 Å². The Balaban J connectivity index is 1.92. The summed E-state index contributed by atoms with van der Waals surface area (Å²) in [5, 5.41) is 10.5. The Labute approximate surface area is 118 Å². The molecule has 0 amide bonds. The van der Waals surface area contributed by atoms with Crippen molar-refractivity contribution in [1.82, 2.24) is 0 Å². The second-order valence-corrected chi connectivity index (χ2v) is 5.15. The van der Waals surface area contributed by atoms with Gasteiger partial charge < -0.3 is 14.6 Å². The lowest BCUT2D eigenvalue weighted by Crippen LogP contribution is -2.01. The van der Waals surface area contributed by atoms with Crippen molar-refractivity contribution in [2.75, 3.05) is 7.11 Å². The summed E-state index contributed by atoms with van der Waals surface area (Å²) in [5.74, 6) is 0.836. The van der Waals surface area contributed by atoms with Crippen LogP contribution in [0.1, 0.15) is 33.9 Å². The van der Waals surface area contributed by atoms with Crippen molar-refractivity contribution in [3.63, 3.8) is 0 Å². The van der Waals surface area contributed by atoms with Crippen LogP contribution in [0.5, 0.6) is 5.75 Å². The number of benzene rings is 2. The van der Waals surface area contributed by atoms with E-state index in [1.54, 1.807) is 7.11 Å². The van der Waals surface area contributed by atoms with Gasteiger partial charge in [-0.3, -0.25) is 0 Å². The number of ether oxygens (including phenoxy) is 2. The zero-order valence-corrected chi connectivity index (χ0v) is 11.7. The standard InChI is InChI=1S/C17H18O3/c1-11-7-12(5-6-16(11)19-2)17(18)13-3-4-14-9-20-10-15(14)8-13/h3-8,17-18H,9-10H2,1-2H3. The third kappa shape index (κ3) is 2.30. The molecule has 3 nitrogen and oxygen atoms in total. The fourth-order valence-corrected chi connectivity index (χ4v) is 2.63. The van der Waals surface area contributed by atoms with E-state index in [9.17, 15) is 5.11 Å². The molecule has 0 saturated carbocycles. The van der Waals surface area contributed by atoms with E-state index in [2.05, 4.69) is 0 Å². The highest BCUT2D eigenvalue weighted by Gasteiger charge is 2.16. The highest BCUT2D eigenvalue weighted by atomic mass is 16.5. The van der Waals surface area contributed by atoms with Gasteiger partial charge in [-0.05, 0) is 46.9 Å². The number of aliphatic hydroxyl groups is 1. The van der Waals surface area contributed by atoms with Crippen LogP contribution in [-0.4, -0.2) is 12.2 Å². The molecular weight excluding hydrogens is 252 g/mol. The van der Waals surface area contributed by atoms with Crippen molar-refractivity contribution in [2.45, 2.75) is 26.2 Å². The minimum Gasteiger partial charge on any atom is -0.496 e. The molecule has 1 atom stereocenters. The summed E-state index contributed by atoms with van der Waals surface area (Å²) in [5.41, 5.74) is 5.19. The van der Waals surface area contributed by atoms with Gasteiger partial charge in [-0.2, -0.15) is 0 Å². The highest BCUT2D eigenvalue weighted by molar-refractivity contribution is 5.42. The van der Waals surface area contributed by atoms with Crippen LogP contribution in [0.3, 0.4) is 0 Å². The number of hydrogen-bond acceptors (Lipinski definition) is 3. The first-order valence-electron chi connectivity index (χ1n) is 6.71. The van der Waals surface area contributed by atoms with Crippen molar-refractivity contribution in [3.05, 3.63) is 64.2 Å². The molecule has 1 aliphatic rings. The molecule has 3 heteroatoms. The molecule has 1 heterocycles. The van der Waals surface area contributed by atoms with Gasteiger partial charge in [0.05, 0.1) is 20.3 Å². The van der Waals surface area contributed by atoms with E-state index in [-0.39, 0.29) is 0 Å². The molecule has 104 valence electrons. The van der Waals surface area contributed by atoms with Crippen LogP contribution in [0.4, 0.5) is 0 Å². The summed E-state index contributed by atoms with van der Waals surface area (Å²) in [4.78, 5) is 0. The monoisotopic (exact) mass is 270 g/mol. The quantitative estimate of drug-likeness (QED) is 0.931. The lowest BCUT2D eigenvalue weighted by molar-refractivity contribution is 0.134. The predicted octanol–water partition coefficient (Wildman–Crippen LogP) is 3.12. The first-order valence-corrected chi connectivity index (χ1v) is 6.71. The van der Waals surface area contributed by atoms with Gasteiger partial charge in [0.2, 0.25) is 0 Å². The first-order chi connectivity index (χ1) is 9.69. The molecule has 3 rings (SSSR count). The second kappa shape index (κ2) is 5.27. The number of aliphatic hydroxyl groups excluding tert-OH is 1.